The van der Waals surface area contributed by atoms with Crippen molar-refractivity contribution in [3.63, 3.8) is 0 Å². The number of aryl methyl sites for hydroxylation is 2. The van der Waals surface area contributed by atoms with Crippen LogP contribution in [0.4, 0.5) is 4.39 Å². The third kappa shape index (κ3) is 5.80. The van der Waals surface area contributed by atoms with Crippen molar-refractivity contribution in [1.29, 1.82) is 0 Å². The number of benzene rings is 1. The number of aromatic nitrogens is 3. The number of fused-ring (bicyclic) bond motifs is 1. The van der Waals surface area contributed by atoms with Crippen LogP contribution in [-0.2, 0) is 0 Å². The molecule has 0 radical (unpaired) electrons. The molecule has 0 N–H and O–H groups in total. The lowest BCUT2D eigenvalue weighted by Crippen LogP contribution is -2.00. The molecule has 1 aliphatic carbocycles. The van der Waals surface area contributed by atoms with E-state index in [-0.39, 0.29) is 5.82 Å². The molecule has 3 aromatic heterocycles. The highest BCUT2D eigenvalue weighted by atomic mass is 19.1. The third-order valence-electron chi connectivity index (χ3n) is 6.19. The molecule has 4 aromatic rings. The summed E-state index contributed by atoms with van der Waals surface area (Å²) < 4.78 is 14.4. The van der Waals surface area contributed by atoms with Gasteiger partial charge in [-0.3, -0.25) is 4.98 Å². The van der Waals surface area contributed by atoms with Crippen LogP contribution in [0.1, 0.15) is 75.0 Å². The molecule has 1 aliphatic rings. The number of hydrogen-bond donors (Lipinski definition) is 0. The van der Waals surface area contributed by atoms with Gasteiger partial charge in [0.25, 0.3) is 0 Å². The summed E-state index contributed by atoms with van der Waals surface area (Å²) in [5.74, 6) is 1.64. The van der Waals surface area contributed by atoms with Crippen molar-refractivity contribution in [3.05, 3.63) is 96.1 Å². The third-order valence-corrected chi connectivity index (χ3v) is 6.19. The van der Waals surface area contributed by atoms with E-state index in [2.05, 4.69) is 40.4 Å². The molecular weight excluding hydrogens is 421 g/mol. The lowest BCUT2D eigenvalue weighted by atomic mass is 10.0. The first-order valence-electron chi connectivity index (χ1n) is 12.2. The topological polar surface area (TPSA) is 30.2 Å². The van der Waals surface area contributed by atoms with Gasteiger partial charge in [0.05, 0.1) is 11.7 Å². The lowest BCUT2D eigenvalue weighted by molar-refractivity contribution is 0.627. The van der Waals surface area contributed by atoms with Gasteiger partial charge >= 0.3 is 0 Å². The summed E-state index contributed by atoms with van der Waals surface area (Å²) in [5.41, 5.74) is 7.77. The second-order valence-corrected chi connectivity index (χ2v) is 8.71. The Hall–Kier alpha value is -3.27. The van der Waals surface area contributed by atoms with Crippen molar-refractivity contribution in [1.82, 2.24) is 14.4 Å². The number of nitrogens with zero attached hydrogens (tertiary/aromatic N) is 3. The minimum Gasteiger partial charge on any atom is -0.303 e. The molecule has 4 heteroatoms. The van der Waals surface area contributed by atoms with Gasteiger partial charge in [0.15, 0.2) is 0 Å². The molecule has 0 unspecified atom stereocenters. The zero-order valence-corrected chi connectivity index (χ0v) is 21.1. The van der Waals surface area contributed by atoms with Crippen LogP contribution in [0.25, 0.3) is 22.2 Å². The van der Waals surface area contributed by atoms with Gasteiger partial charge in [-0.15, -0.1) is 0 Å². The van der Waals surface area contributed by atoms with Gasteiger partial charge in [-0.2, -0.15) is 0 Å². The summed E-state index contributed by atoms with van der Waals surface area (Å²) in [4.78, 5) is 9.34. The van der Waals surface area contributed by atoms with E-state index in [1.807, 2.05) is 47.0 Å². The molecule has 0 amide bonds. The van der Waals surface area contributed by atoms with E-state index in [4.69, 9.17) is 4.98 Å². The van der Waals surface area contributed by atoms with Crippen LogP contribution in [0.5, 0.6) is 0 Å². The fraction of sp³-hybridized carbons (Fsp3) is 0.333. The molecule has 5 rings (SSSR count). The predicted octanol–water partition coefficient (Wildman–Crippen LogP) is 8.56. The Kier molecular flexibility index (Phi) is 8.75. The summed E-state index contributed by atoms with van der Waals surface area (Å²) >= 11 is 0. The molecule has 0 aliphatic heterocycles. The fourth-order valence-corrected chi connectivity index (χ4v) is 4.42. The zero-order valence-electron chi connectivity index (χ0n) is 21.1. The Bertz CT molecular complexity index is 1210. The minimum atomic E-state index is -0.171. The van der Waals surface area contributed by atoms with Gasteiger partial charge in [0.2, 0.25) is 0 Å². The van der Waals surface area contributed by atoms with Gasteiger partial charge in [0, 0.05) is 35.1 Å². The van der Waals surface area contributed by atoms with Crippen LogP contribution in [0.15, 0.2) is 67.6 Å². The van der Waals surface area contributed by atoms with Gasteiger partial charge in [-0.05, 0) is 69.0 Å². The van der Waals surface area contributed by atoms with Crippen LogP contribution in [0.2, 0.25) is 0 Å². The summed E-state index contributed by atoms with van der Waals surface area (Å²) in [5, 5.41) is 0. The number of pyridine rings is 2. The van der Waals surface area contributed by atoms with Crippen LogP contribution >= 0.6 is 0 Å². The lowest BCUT2D eigenvalue weighted by Gasteiger charge is -2.11. The molecule has 1 aromatic carbocycles. The molecule has 0 atom stereocenters. The monoisotopic (exact) mass is 457 g/mol. The zero-order chi connectivity index (χ0) is 24.7. The van der Waals surface area contributed by atoms with Crippen LogP contribution in [0.3, 0.4) is 0 Å². The quantitative estimate of drug-likeness (QED) is 0.308. The maximum absolute atomic E-state index is 12.1. The van der Waals surface area contributed by atoms with Crippen molar-refractivity contribution in [2.24, 2.45) is 0 Å². The number of imidazole rings is 1. The van der Waals surface area contributed by atoms with Gasteiger partial charge in [-0.1, -0.05) is 57.0 Å². The van der Waals surface area contributed by atoms with Crippen LogP contribution in [0, 0.1) is 19.7 Å². The summed E-state index contributed by atoms with van der Waals surface area (Å²) in [6.45, 7) is 14.1. The van der Waals surface area contributed by atoms with E-state index >= 15 is 0 Å². The second kappa shape index (κ2) is 11.7. The SMILES string of the molecule is C=C(C)c1cc(-c2cccn3c(C4CCCC4)ncc23)cnc1C.CC.Cc1ccc(F)cc1. The fourth-order valence-electron chi connectivity index (χ4n) is 4.42. The smallest absolute Gasteiger partial charge is 0.123 e. The van der Waals surface area contributed by atoms with E-state index in [0.29, 0.717) is 5.92 Å². The summed E-state index contributed by atoms with van der Waals surface area (Å²) in [6, 6.07) is 12.9. The molecule has 1 saturated carbocycles. The van der Waals surface area contributed by atoms with Gasteiger partial charge in [0.1, 0.15) is 11.6 Å². The molecule has 34 heavy (non-hydrogen) atoms. The Balaban J connectivity index is 0.000000274. The Morgan fingerprint density at radius 2 is 1.68 bits per heavy atom. The highest BCUT2D eigenvalue weighted by Gasteiger charge is 2.22. The minimum absolute atomic E-state index is 0.171. The molecule has 1 fully saturated rings. The standard InChI is InChI=1S/C21H23N3.C7H7F.C2H6/c1-14(2)19-11-17(12-22-15(19)3)18-9-6-10-24-20(18)13-23-21(24)16-7-4-5-8-16;1-6-2-4-7(8)5-3-6;1-2/h6,9-13,16H,1,4-5,7-8H2,2-3H3;2-5H,1H3;1-2H3. The Morgan fingerprint density at radius 3 is 2.29 bits per heavy atom. The van der Waals surface area contributed by atoms with E-state index in [9.17, 15) is 4.39 Å². The summed E-state index contributed by atoms with van der Waals surface area (Å²) in [7, 11) is 0. The van der Waals surface area contributed by atoms with Crippen molar-refractivity contribution in [2.75, 3.05) is 0 Å². The van der Waals surface area contributed by atoms with Crippen molar-refractivity contribution in [3.8, 4) is 11.1 Å². The first-order chi connectivity index (χ1) is 16.4. The number of halogens is 1. The molecule has 0 bridgehead atoms. The highest BCUT2D eigenvalue weighted by molar-refractivity contribution is 5.81. The summed E-state index contributed by atoms with van der Waals surface area (Å²) in [6.07, 6.45) is 11.3. The first-order valence-corrected chi connectivity index (χ1v) is 12.2. The predicted molar refractivity (Wildman–Crippen MR) is 142 cm³/mol. The first kappa shape index (κ1) is 25.4. The van der Waals surface area contributed by atoms with Crippen molar-refractivity contribution in [2.45, 2.75) is 66.2 Å². The molecule has 0 spiro atoms. The second-order valence-electron chi connectivity index (χ2n) is 8.71. The van der Waals surface area contributed by atoms with Gasteiger partial charge in [-0.25, -0.2) is 9.37 Å². The van der Waals surface area contributed by atoms with E-state index in [1.54, 1.807) is 12.1 Å². The van der Waals surface area contributed by atoms with Gasteiger partial charge < -0.3 is 4.40 Å². The van der Waals surface area contributed by atoms with Crippen molar-refractivity contribution < 1.29 is 4.39 Å². The molecule has 0 saturated heterocycles. The molecule has 3 nitrogen and oxygen atoms in total. The average Bonchev–Trinajstić information content (AvgIpc) is 3.52. The Morgan fingerprint density at radius 1 is 1.00 bits per heavy atom. The van der Waals surface area contributed by atoms with Crippen LogP contribution < -0.4 is 0 Å². The van der Waals surface area contributed by atoms with E-state index < -0.39 is 0 Å². The maximum atomic E-state index is 12.1. The molecule has 178 valence electrons. The maximum Gasteiger partial charge on any atom is 0.123 e. The van der Waals surface area contributed by atoms with E-state index in [0.717, 1.165) is 33.5 Å². The van der Waals surface area contributed by atoms with Crippen molar-refractivity contribution >= 4 is 11.1 Å². The number of hydrogen-bond acceptors (Lipinski definition) is 2. The number of allylic oxidation sites excluding steroid dienone is 1. The normalized spacial score (nSPS) is 13.1. The van der Waals surface area contributed by atoms with E-state index in [1.165, 1.54) is 49.2 Å². The Labute approximate surface area is 203 Å². The van der Waals surface area contributed by atoms with Crippen LogP contribution in [-0.4, -0.2) is 14.4 Å². The molecule has 3 heterocycles. The highest BCUT2D eigenvalue weighted by Crippen LogP contribution is 2.35. The average molecular weight is 458 g/mol. The number of rotatable bonds is 3. The molecular formula is C30H36FN3. The largest absolute Gasteiger partial charge is 0.303 e.